The first-order chi connectivity index (χ1) is 9.32. The number of primary sulfonamides is 1. The molecule has 1 aliphatic heterocycles. The number of hydrogen-bond donors (Lipinski definition) is 3. The Bertz CT molecular complexity index is 645. The lowest BCUT2D eigenvalue weighted by Crippen LogP contribution is -2.32. The van der Waals surface area contributed by atoms with Gasteiger partial charge in [0, 0.05) is 18.7 Å². The lowest BCUT2D eigenvalue weighted by Gasteiger charge is -2.27. The number of nitrogens with zero attached hydrogens (tertiary/aromatic N) is 1. The number of fused-ring (bicyclic) bond motifs is 1. The molecule has 110 valence electrons. The maximum absolute atomic E-state index is 11.3. The second kappa shape index (κ2) is 5.23. The van der Waals surface area contributed by atoms with Gasteiger partial charge in [-0.15, -0.1) is 0 Å². The monoisotopic (exact) mass is 303 g/mol. The number of hydrogen-bond acceptors (Lipinski definition) is 7. The highest BCUT2D eigenvalue weighted by molar-refractivity contribution is 7.89. The van der Waals surface area contributed by atoms with Gasteiger partial charge >= 0.3 is 0 Å². The zero-order valence-corrected chi connectivity index (χ0v) is 11.1. The van der Waals surface area contributed by atoms with Gasteiger partial charge in [-0.1, -0.05) is 0 Å². The molecule has 0 bridgehead atoms. The molecule has 0 saturated heterocycles. The van der Waals surface area contributed by atoms with E-state index in [9.17, 15) is 18.5 Å². The van der Waals surface area contributed by atoms with Crippen molar-refractivity contribution in [2.45, 2.75) is 17.4 Å². The predicted molar refractivity (Wildman–Crippen MR) is 69.1 cm³/mol. The fourth-order valence-corrected chi connectivity index (χ4v) is 2.44. The van der Waals surface area contributed by atoms with Gasteiger partial charge < -0.3 is 15.2 Å². The van der Waals surface area contributed by atoms with E-state index in [1.54, 1.807) is 0 Å². The van der Waals surface area contributed by atoms with E-state index in [0.717, 1.165) is 12.1 Å². The Hall–Kier alpha value is -1.91. The molecule has 1 aromatic rings. The molecule has 1 aliphatic rings. The molecule has 1 unspecified atom stereocenters. The molecule has 0 saturated carbocycles. The van der Waals surface area contributed by atoms with Crippen LogP contribution in [0.2, 0.25) is 0 Å². The van der Waals surface area contributed by atoms with Gasteiger partial charge in [0.25, 0.3) is 5.69 Å². The zero-order chi connectivity index (χ0) is 14.9. The summed E-state index contributed by atoms with van der Waals surface area (Å²) in [7, 11) is -4.07. The van der Waals surface area contributed by atoms with Crippen LogP contribution in [0.1, 0.15) is 6.42 Å². The summed E-state index contributed by atoms with van der Waals surface area (Å²) < 4.78 is 27.9. The van der Waals surface area contributed by atoms with Gasteiger partial charge in [0.05, 0.1) is 15.9 Å². The maximum Gasteiger partial charge on any atom is 0.297 e. The van der Waals surface area contributed by atoms with Crippen LogP contribution in [-0.2, 0) is 10.0 Å². The first-order valence-electron chi connectivity index (χ1n) is 5.68. The van der Waals surface area contributed by atoms with Crippen LogP contribution in [0.25, 0.3) is 0 Å². The standard InChI is InChI=1S/C10H13N3O6S/c11-20(17,18)7-3-8(13(15)16)10-9(4-7)19-5-6(12-10)1-2-14/h3-4,6,12,14H,1-2,5H2,(H2,11,17,18). The largest absolute Gasteiger partial charge is 0.489 e. The maximum atomic E-state index is 11.3. The van der Waals surface area contributed by atoms with Crippen molar-refractivity contribution >= 4 is 21.4 Å². The molecule has 2 rings (SSSR count). The quantitative estimate of drug-likeness (QED) is 0.515. The Labute approximate surface area is 114 Å². The molecular weight excluding hydrogens is 290 g/mol. The number of nitro groups is 1. The fourth-order valence-electron chi connectivity index (χ4n) is 1.89. The van der Waals surface area contributed by atoms with Crippen LogP contribution in [0.15, 0.2) is 17.0 Å². The van der Waals surface area contributed by atoms with Gasteiger partial charge in [0.2, 0.25) is 10.0 Å². The molecule has 0 aromatic heterocycles. The second-order valence-corrected chi connectivity index (χ2v) is 5.84. The van der Waals surface area contributed by atoms with E-state index < -0.39 is 20.6 Å². The normalized spacial score (nSPS) is 17.8. The summed E-state index contributed by atoms with van der Waals surface area (Å²) in [5.41, 5.74) is -0.346. The van der Waals surface area contributed by atoms with Gasteiger partial charge in [-0.2, -0.15) is 0 Å². The van der Waals surface area contributed by atoms with E-state index in [2.05, 4.69) is 5.32 Å². The first kappa shape index (κ1) is 14.5. The van der Waals surface area contributed by atoms with Gasteiger partial charge in [0.15, 0.2) is 11.4 Å². The molecule has 0 fully saturated rings. The smallest absolute Gasteiger partial charge is 0.297 e. The third kappa shape index (κ3) is 2.81. The van der Waals surface area contributed by atoms with E-state index in [4.69, 9.17) is 15.0 Å². The van der Waals surface area contributed by atoms with Crippen molar-refractivity contribution in [1.29, 1.82) is 0 Å². The minimum Gasteiger partial charge on any atom is -0.489 e. The summed E-state index contributed by atoms with van der Waals surface area (Å²) in [5, 5.41) is 27.8. The SMILES string of the molecule is NS(=O)(=O)c1cc2c(c([N+](=O)[O-])c1)NC(CCO)CO2. The van der Waals surface area contributed by atoms with Crippen molar-refractivity contribution in [2.24, 2.45) is 5.14 Å². The van der Waals surface area contributed by atoms with Crippen LogP contribution >= 0.6 is 0 Å². The molecular formula is C10H13N3O6S. The molecule has 0 aliphatic carbocycles. The van der Waals surface area contributed by atoms with Gasteiger partial charge in [0.1, 0.15) is 6.61 Å². The van der Waals surface area contributed by atoms with Crippen molar-refractivity contribution in [3.63, 3.8) is 0 Å². The number of ether oxygens (including phenoxy) is 1. The average molecular weight is 303 g/mol. The van der Waals surface area contributed by atoms with Crippen LogP contribution in [0.3, 0.4) is 0 Å². The third-order valence-corrected chi connectivity index (χ3v) is 3.74. The summed E-state index contributed by atoms with van der Waals surface area (Å²) in [6.07, 6.45) is 0.355. The molecule has 1 heterocycles. The summed E-state index contributed by atoms with van der Waals surface area (Å²) in [4.78, 5) is 9.94. The number of nitro benzene ring substituents is 1. The first-order valence-corrected chi connectivity index (χ1v) is 7.23. The Morgan fingerprint density at radius 2 is 2.25 bits per heavy atom. The van der Waals surface area contributed by atoms with Crippen molar-refractivity contribution in [1.82, 2.24) is 0 Å². The number of benzene rings is 1. The van der Waals surface area contributed by atoms with E-state index in [-0.39, 0.29) is 35.6 Å². The Kier molecular flexibility index (Phi) is 3.79. The Morgan fingerprint density at radius 1 is 1.55 bits per heavy atom. The molecule has 1 aromatic carbocycles. The zero-order valence-electron chi connectivity index (χ0n) is 10.3. The highest BCUT2D eigenvalue weighted by Crippen LogP contribution is 2.39. The predicted octanol–water partition coefficient (Wildman–Crippen LogP) is -0.203. The molecule has 4 N–H and O–H groups in total. The number of nitrogens with two attached hydrogens (primary N) is 1. The lowest BCUT2D eigenvalue weighted by molar-refractivity contribution is -0.384. The number of aliphatic hydroxyl groups excluding tert-OH is 1. The lowest BCUT2D eigenvalue weighted by atomic mass is 10.1. The van der Waals surface area contributed by atoms with Crippen LogP contribution in [0.5, 0.6) is 5.75 Å². The molecule has 0 amide bonds. The average Bonchev–Trinajstić information content (AvgIpc) is 2.36. The van der Waals surface area contributed by atoms with Crippen molar-refractivity contribution in [3.8, 4) is 5.75 Å². The van der Waals surface area contributed by atoms with E-state index in [1.807, 2.05) is 0 Å². The van der Waals surface area contributed by atoms with Crippen LogP contribution in [0, 0.1) is 10.1 Å². The van der Waals surface area contributed by atoms with E-state index >= 15 is 0 Å². The minimum atomic E-state index is -4.07. The third-order valence-electron chi connectivity index (χ3n) is 2.85. The molecule has 1 atom stereocenters. The highest BCUT2D eigenvalue weighted by atomic mass is 32.2. The number of nitrogens with one attached hydrogen (secondary N) is 1. The molecule has 10 heteroatoms. The Balaban J connectivity index is 2.52. The van der Waals surface area contributed by atoms with Gasteiger partial charge in [-0.25, -0.2) is 13.6 Å². The van der Waals surface area contributed by atoms with E-state index in [1.165, 1.54) is 0 Å². The van der Waals surface area contributed by atoms with Crippen LogP contribution in [0.4, 0.5) is 11.4 Å². The topological polar surface area (TPSA) is 145 Å². The second-order valence-electron chi connectivity index (χ2n) is 4.28. The van der Waals surface area contributed by atoms with Crippen LogP contribution < -0.4 is 15.2 Å². The Morgan fingerprint density at radius 3 is 2.80 bits per heavy atom. The number of rotatable bonds is 4. The molecule has 0 radical (unpaired) electrons. The minimum absolute atomic E-state index is 0.0532. The molecule has 20 heavy (non-hydrogen) atoms. The fraction of sp³-hybridized carbons (Fsp3) is 0.400. The van der Waals surface area contributed by atoms with Crippen molar-refractivity contribution < 1.29 is 23.2 Å². The molecule has 9 nitrogen and oxygen atoms in total. The van der Waals surface area contributed by atoms with Crippen molar-refractivity contribution in [2.75, 3.05) is 18.5 Å². The summed E-state index contributed by atoms with van der Waals surface area (Å²) in [6, 6.07) is 1.73. The van der Waals surface area contributed by atoms with Crippen LogP contribution in [-0.4, -0.2) is 37.7 Å². The molecule has 0 spiro atoms. The van der Waals surface area contributed by atoms with Gasteiger partial charge in [-0.3, -0.25) is 10.1 Å². The summed E-state index contributed by atoms with van der Waals surface area (Å²) >= 11 is 0. The summed E-state index contributed by atoms with van der Waals surface area (Å²) in [6.45, 7) is 0.0677. The number of aliphatic hydroxyl groups is 1. The van der Waals surface area contributed by atoms with Gasteiger partial charge in [-0.05, 0) is 6.42 Å². The van der Waals surface area contributed by atoms with E-state index in [0.29, 0.717) is 6.42 Å². The number of anilines is 1. The van der Waals surface area contributed by atoms with Crippen molar-refractivity contribution in [3.05, 3.63) is 22.2 Å². The summed E-state index contributed by atoms with van der Waals surface area (Å²) in [5.74, 6) is 0.0532. The highest BCUT2D eigenvalue weighted by Gasteiger charge is 2.29. The number of sulfonamides is 1.